The van der Waals surface area contributed by atoms with E-state index in [1.807, 2.05) is 19.1 Å². The van der Waals surface area contributed by atoms with E-state index in [2.05, 4.69) is 10.6 Å². The fourth-order valence-electron chi connectivity index (χ4n) is 2.04. The number of para-hydroxylation sites is 1. The lowest BCUT2D eigenvalue weighted by atomic mass is 10.2. The SMILES string of the molecule is Cc1ccc(NC(=O)CCC(=O)OCC(=O)Nc2ccccc2Cl)cc1. The van der Waals surface area contributed by atoms with Gasteiger partial charge in [-0.15, -0.1) is 0 Å². The Hall–Kier alpha value is -2.86. The summed E-state index contributed by atoms with van der Waals surface area (Å²) >= 11 is 5.92. The molecule has 7 heteroatoms. The topological polar surface area (TPSA) is 84.5 Å². The maximum atomic E-state index is 11.8. The minimum absolute atomic E-state index is 0.0289. The Morgan fingerprint density at radius 2 is 1.62 bits per heavy atom. The molecule has 0 aromatic heterocycles. The number of carbonyl (C=O) groups excluding carboxylic acids is 3. The first-order valence-corrected chi connectivity index (χ1v) is 8.38. The van der Waals surface area contributed by atoms with Crippen LogP contribution in [0.3, 0.4) is 0 Å². The Kier molecular flexibility index (Phi) is 7.17. The average molecular weight is 375 g/mol. The molecule has 0 saturated carbocycles. The standard InChI is InChI=1S/C19H19ClN2O4/c1-13-6-8-14(9-7-13)21-17(23)10-11-19(25)26-12-18(24)22-16-5-3-2-4-15(16)20/h2-9H,10-12H2,1H3,(H,21,23)(H,22,24). The summed E-state index contributed by atoms with van der Waals surface area (Å²) in [5.74, 6) is -1.43. The average Bonchev–Trinajstić information content (AvgIpc) is 2.62. The zero-order valence-corrected chi connectivity index (χ0v) is 15.0. The smallest absolute Gasteiger partial charge is 0.306 e. The van der Waals surface area contributed by atoms with Crippen LogP contribution in [0.25, 0.3) is 0 Å². The van der Waals surface area contributed by atoms with Crippen molar-refractivity contribution >= 4 is 40.8 Å². The molecule has 2 aromatic carbocycles. The first kappa shape index (κ1) is 19.5. The molecule has 2 amide bonds. The van der Waals surface area contributed by atoms with Crippen molar-refractivity contribution in [2.24, 2.45) is 0 Å². The monoisotopic (exact) mass is 374 g/mol. The summed E-state index contributed by atoms with van der Waals surface area (Å²) in [6.45, 7) is 1.51. The Morgan fingerprint density at radius 1 is 0.923 bits per heavy atom. The highest BCUT2D eigenvalue weighted by Crippen LogP contribution is 2.20. The molecule has 0 aliphatic rings. The fourth-order valence-corrected chi connectivity index (χ4v) is 2.23. The van der Waals surface area contributed by atoms with Crippen LogP contribution in [0.4, 0.5) is 11.4 Å². The Labute approximate surface area is 156 Å². The summed E-state index contributed by atoms with van der Waals surface area (Å²) in [6, 6.07) is 14.0. The number of esters is 1. The van der Waals surface area contributed by atoms with Gasteiger partial charge in [0.25, 0.3) is 5.91 Å². The second-order valence-corrected chi connectivity index (χ2v) is 6.01. The first-order valence-electron chi connectivity index (χ1n) is 8.00. The number of nitrogens with one attached hydrogen (secondary N) is 2. The van der Waals surface area contributed by atoms with Crippen molar-refractivity contribution < 1.29 is 19.1 Å². The van der Waals surface area contributed by atoms with Gasteiger partial charge in [-0.25, -0.2) is 0 Å². The van der Waals surface area contributed by atoms with Crippen LogP contribution < -0.4 is 10.6 Å². The molecule has 0 bridgehead atoms. The number of amides is 2. The van der Waals surface area contributed by atoms with Crippen LogP contribution in [0.2, 0.25) is 5.02 Å². The zero-order valence-electron chi connectivity index (χ0n) is 14.3. The van der Waals surface area contributed by atoms with Crippen molar-refractivity contribution in [3.63, 3.8) is 0 Å². The van der Waals surface area contributed by atoms with Crippen molar-refractivity contribution in [3.8, 4) is 0 Å². The van der Waals surface area contributed by atoms with Crippen molar-refractivity contribution in [1.29, 1.82) is 0 Å². The molecule has 0 fully saturated rings. The molecule has 2 N–H and O–H groups in total. The van der Waals surface area contributed by atoms with Crippen LogP contribution in [0.1, 0.15) is 18.4 Å². The van der Waals surface area contributed by atoms with Crippen LogP contribution in [-0.4, -0.2) is 24.4 Å². The predicted octanol–water partition coefficient (Wildman–Crippen LogP) is 3.55. The lowest BCUT2D eigenvalue weighted by Gasteiger charge is -2.08. The van der Waals surface area contributed by atoms with Gasteiger partial charge in [0.15, 0.2) is 6.61 Å². The van der Waals surface area contributed by atoms with Gasteiger partial charge in [0.2, 0.25) is 5.91 Å². The molecule has 26 heavy (non-hydrogen) atoms. The molecule has 0 saturated heterocycles. The number of benzene rings is 2. The van der Waals surface area contributed by atoms with Crippen LogP contribution in [0, 0.1) is 6.92 Å². The van der Waals surface area contributed by atoms with Crippen molar-refractivity contribution in [2.45, 2.75) is 19.8 Å². The number of hydrogen-bond acceptors (Lipinski definition) is 4. The minimum atomic E-state index is -0.627. The third kappa shape index (κ3) is 6.57. The van der Waals surface area contributed by atoms with Crippen LogP contribution >= 0.6 is 11.6 Å². The van der Waals surface area contributed by atoms with E-state index < -0.39 is 18.5 Å². The van der Waals surface area contributed by atoms with E-state index in [1.54, 1.807) is 36.4 Å². The summed E-state index contributed by atoms with van der Waals surface area (Å²) in [5, 5.41) is 5.62. The van der Waals surface area contributed by atoms with Gasteiger partial charge < -0.3 is 15.4 Å². The number of rotatable bonds is 7. The number of carbonyl (C=O) groups is 3. The molecule has 0 aliphatic heterocycles. The Morgan fingerprint density at radius 3 is 2.31 bits per heavy atom. The lowest BCUT2D eigenvalue weighted by Crippen LogP contribution is -2.22. The van der Waals surface area contributed by atoms with E-state index in [9.17, 15) is 14.4 Å². The van der Waals surface area contributed by atoms with Crippen LogP contribution in [0.5, 0.6) is 0 Å². The quantitative estimate of drug-likeness (QED) is 0.726. The molecule has 6 nitrogen and oxygen atoms in total. The summed E-state index contributed by atoms with van der Waals surface area (Å²) in [4.78, 5) is 35.2. The normalized spacial score (nSPS) is 10.1. The summed E-state index contributed by atoms with van der Waals surface area (Å²) in [6.07, 6.45) is -0.143. The third-order valence-corrected chi connectivity index (χ3v) is 3.73. The third-order valence-electron chi connectivity index (χ3n) is 3.40. The van der Waals surface area contributed by atoms with Crippen LogP contribution in [-0.2, 0) is 19.1 Å². The van der Waals surface area contributed by atoms with Crippen molar-refractivity contribution in [2.75, 3.05) is 17.2 Å². The maximum absolute atomic E-state index is 11.8. The van der Waals surface area contributed by atoms with E-state index in [4.69, 9.17) is 16.3 Å². The highest BCUT2D eigenvalue weighted by Gasteiger charge is 2.11. The van der Waals surface area contributed by atoms with E-state index in [-0.39, 0.29) is 18.7 Å². The van der Waals surface area contributed by atoms with Gasteiger partial charge >= 0.3 is 5.97 Å². The lowest BCUT2D eigenvalue weighted by molar-refractivity contribution is -0.147. The van der Waals surface area contributed by atoms with E-state index in [0.717, 1.165) is 5.56 Å². The van der Waals surface area contributed by atoms with Crippen molar-refractivity contribution in [3.05, 3.63) is 59.1 Å². The Balaban J connectivity index is 1.68. The van der Waals surface area contributed by atoms with Gasteiger partial charge in [0.05, 0.1) is 17.1 Å². The van der Waals surface area contributed by atoms with Gasteiger partial charge in [-0.1, -0.05) is 41.4 Å². The number of ether oxygens (including phenoxy) is 1. The van der Waals surface area contributed by atoms with Crippen molar-refractivity contribution in [1.82, 2.24) is 0 Å². The van der Waals surface area contributed by atoms with Crippen LogP contribution in [0.15, 0.2) is 48.5 Å². The molecule has 0 atom stereocenters. The van der Waals surface area contributed by atoms with Gasteiger partial charge in [-0.2, -0.15) is 0 Å². The maximum Gasteiger partial charge on any atom is 0.306 e. The summed E-state index contributed by atoms with van der Waals surface area (Å²) in [7, 11) is 0. The molecule has 0 spiro atoms. The molecule has 0 aliphatic carbocycles. The second kappa shape index (κ2) is 9.58. The molecule has 2 aromatic rings. The Bertz CT molecular complexity index is 790. The second-order valence-electron chi connectivity index (χ2n) is 5.60. The minimum Gasteiger partial charge on any atom is -0.456 e. The predicted molar refractivity (Wildman–Crippen MR) is 100 cm³/mol. The number of hydrogen-bond donors (Lipinski definition) is 2. The van der Waals surface area contributed by atoms with Gasteiger partial charge in [0.1, 0.15) is 0 Å². The summed E-state index contributed by atoms with van der Waals surface area (Å²) in [5.41, 5.74) is 2.18. The summed E-state index contributed by atoms with van der Waals surface area (Å²) < 4.78 is 4.86. The number of halogens is 1. The van der Waals surface area contributed by atoms with Gasteiger partial charge in [-0.3, -0.25) is 14.4 Å². The zero-order chi connectivity index (χ0) is 18.9. The first-order chi connectivity index (χ1) is 12.4. The molecular weight excluding hydrogens is 356 g/mol. The van der Waals surface area contributed by atoms with Gasteiger partial charge in [0, 0.05) is 12.1 Å². The number of anilines is 2. The molecular formula is C19H19ClN2O4. The molecule has 136 valence electrons. The molecule has 0 unspecified atom stereocenters. The molecule has 0 heterocycles. The van der Waals surface area contributed by atoms with E-state index in [1.165, 1.54) is 0 Å². The van der Waals surface area contributed by atoms with Gasteiger partial charge in [-0.05, 0) is 31.2 Å². The fraction of sp³-hybridized carbons (Fsp3) is 0.211. The highest BCUT2D eigenvalue weighted by molar-refractivity contribution is 6.33. The molecule has 0 radical (unpaired) electrons. The number of aryl methyl sites for hydroxylation is 1. The highest BCUT2D eigenvalue weighted by atomic mass is 35.5. The van der Waals surface area contributed by atoms with E-state index in [0.29, 0.717) is 16.4 Å². The molecule has 2 rings (SSSR count). The van der Waals surface area contributed by atoms with E-state index >= 15 is 0 Å². The largest absolute Gasteiger partial charge is 0.456 e.